The van der Waals surface area contributed by atoms with E-state index < -0.39 is 11.4 Å². The average Bonchev–Trinajstić information content (AvgIpc) is 2.92. The van der Waals surface area contributed by atoms with Crippen molar-refractivity contribution in [2.24, 2.45) is 0 Å². The highest BCUT2D eigenvalue weighted by Crippen LogP contribution is 2.40. The molecule has 1 aliphatic rings. The van der Waals surface area contributed by atoms with Gasteiger partial charge in [-0.3, -0.25) is 0 Å². The van der Waals surface area contributed by atoms with Crippen LogP contribution in [-0.2, 0) is 20.8 Å². The molecular weight excluding hydrogens is 374 g/mol. The molecule has 0 aromatic heterocycles. The van der Waals surface area contributed by atoms with Crippen LogP contribution in [0.5, 0.6) is 0 Å². The summed E-state index contributed by atoms with van der Waals surface area (Å²) in [4.78, 5) is 0. The molecule has 0 saturated carbocycles. The van der Waals surface area contributed by atoms with Gasteiger partial charge in [0.15, 0.2) is 5.79 Å². The number of nitriles is 1. The van der Waals surface area contributed by atoms with E-state index in [9.17, 15) is 0 Å². The van der Waals surface area contributed by atoms with Crippen LogP contribution in [0.15, 0.2) is 53.6 Å². The van der Waals surface area contributed by atoms with Crippen molar-refractivity contribution in [3.63, 3.8) is 0 Å². The second kappa shape index (κ2) is 11.5. The molecule has 0 aliphatic carbocycles. The minimum atomic E-state index is -0.627. The number of hydrogen-bond donors (Lipinski definition) is 0. The second-order valence-corrected chi connectivity index (χ2v) is 8.93. The van der Waals surface area contributed by atoms with Gasteiger partial charge in [0.25, 0.3) is 0 Å². The first kappa shape index (κ1) is 24.3. The summed E-state index contributed by atoms with van der Waals surface area (Å²) in [5, 5.41) is 9.15. The molecule has 4 nitrogen and oxygen atoms in total. The average molecular weight is 412 g/mol. The lowest BCUT2D eigenvalue weighted by Crippen LogP contribution is -2.36. The standard InChI is InChI=1S/C26H37NO3/c1-21(14-15-24-26(5,17-18-27)30-25(3,4)29-24)10-9-11-22(2)16-19-28-20-23-12-7-6-8-13-23/h6-8,10,12-13,16,24H,9,11,14-15,17,19-20H2,1-5H3/b21-10+,22-16+/t24-,26+/m0/s1. The van der Waals surface area contributed by atoms with Crippen LogP contribution < -0.4 is 0 Å². The lowest BCUT2D eigenvalue weighted by atomic mass is 9.91. The molecular formula is C26H37NO3. The number of ether oxygens (including phenoxy) is 3. The third kappa shape index (κ3) is 8.07. The molecule has 1 aliphatic heterocycles. The Morgan fingerprint density at radius 3 is 2.50 bits per heavy atom. The first-order chi connectivity index (χ1) is 14.2. The van der Waals surface area contributed by atoms with E-state index in [0.717, 1.165) is 25.7 Å². The van der Waals surface area contributed by atoms with Crippen molar-refractivity contribution in [3.05, 3.63) is 59.2 Å². The molecule has 164 valence electrons. The zero-order valence-electron chi connectivity index (χ0n) is 19.2. The van der Waals surface area contributed by atoms with Gasteiger partial charge in [0.05, 0.1) is 31.8 Å². The molecule has 30 heavy (non-hydrogen) atoms. The van der Waals surface area contributed by atoms with Gasteiger partial charge >= 0.3 is 0 Å². The smallest absolute Gasteiger partial charge is 0.164 e. The zero-order chi connectivity index (χ0) is 22.0. The predicted octanol–water partition coefficient (Wildman–Crippen LogP) is 6.48. The fourth-order valence-electron chi connectivity index (χ4n) is 3.85. The highest BCUT2D eigenvalue weighted by atomic mass is 16.8. The molecule has 2 rings (SSSR count). The van der Waals surface area contributed by atoms with E-state index in [-0.39, 0.29) is 6.10 Å². The Kier molecular flexibility index (Phi) is 9.30. The molecule has 1 saturated heterocycles. The van der Waals surface area contributed by atoms with Gasteiger partial charge in [-0.05, 0) is 65.9 Å². The summed E-state index contributed by atoms with van der Waals surface area (Å²) in [6.07, 6.45) is 8.65. The van der Waals surface area contributed by atoms with Gasteiger partial charge in [0.2, 0.25) is 0 Å². The van der Waals surface area contributed by atoms with Crippen molar-refractivity contribution in [1.29, 1.82) is 5.26 Å². The van der Waals surface area contributed by atoms with Crippen LogP contribution in [0.2, 0.25) is 0 Å². The summed E-state index contributed by atoms with van der Waals surface area (Å²) in [5.74, 6) is -0.627. The minimum Gasteiger partial charge on any atom is -0.373 e. The first-order valence-electron chi connectivity index (χ1n) is 10.9. The summed E-state index contributed by atoms with van der Waals surface area (Å²) in [6, 6.07) is 12.5. The van der Waals surface area contributed by atoms with Crippen LogP contribution in [0.1, 0.15) is 72.3 Å². The van der Waals surface area contributed by atoms with Crippen LogP contribution in [0.4, 0.5) is 0 Å². The van der Waals surface area contributed by atoms with Crippen molar-refractivity contribution >= 4 is 0 Å². The van der Waals surface area contributed by atoms with Gasteiger partial charge in [-0.1, -0.05) is 53.6 Å². The van der Waals surface area contributed by atoms with Crippen molar-refractivity contribution in [3.8, 4) is 6.07 Å². The summed E-state index contributed by atoms with van der Waals surface area (Å²) in [6.45, 7) is 11.5. The van der Waals surface area contributed by atoms with Crippen molar-refractivity contribution in [1.82, 2.24) is 0 Å². The lowest BCUT2D eigenvalue weighted by molar-refractivity contribution is -0.159. The van der Waals surface area contributed by atoms with E-state index in [1.54, 1.807) is 0 Å². The van der Waals surface area contributed by atoms with Crippen molar-refractivity contribution < 1.29 is 14.2 Å². The van der Waals surface area contributed by atoms with Gasteiger partial charge < -0.3 is 14.2 Å². The van der Waals surface area contributed by atoms with E-state index >= 15 is 0 Å². The molecule has 1 aromatic rings. The number of benzene rings is 1. The van der Waals surface area contributed by atoms with Crippen LogP contribution in [-0.4, -0.2) is 24.1 Å². The lowest BCUT2D eigenvalue weighted by Gasteiger charge is -2.26. The molecule has 1 heterocycles. The number of rotatable bonds is 11. The molecule has 1 fully saturated rings. The third-order valence-corrected chi connectivity index (χ3v) is 5.51. The van der Waals surface area contributed by atoms with Crippen LogP contribution in [0.3, 0.4) is 0 Å². The second-order valence-electron chi connectivity index (χ2n) is 8.93. The molecule has 0 amide bonds. The SMILES string of the molecule is C/C(=C\COCc1ccccc1)CC/C=C(\C)CC[C@@H]1OC(C)(C)O[C@]1(C)CC#N. The van der Waals surface area contributed by atoms with E-state index in [1.165, 1.54) is 16.7 Å². The third-order valence-electron chi connectivity index (χ3n) is 5.51. The van der Waals surface area contributed by atoms with E-state index in [0.29, 0.717) is 19.6 Å². The Balaban J connectivity index is 1.70. The quantitative estimate of drug-likeness (QED) is 0.309. The normalized spacial score (nSPS) is 24.1. The molecule has 0 N–H and O–H groups in total. The van der Waals surface area contributed by atoms with Crippen molar-refractivity contribution in [2.45, 2.75) is 90.8 Å². The van der Waals surface area contributed by atoms with Crippen LogP contribution in [0, 0.1) is 11.3 Å². The van der Waals surface area contributed by atoms with Gasteiger partial charge in [0, 0.05) is 0 Å². The monoisotopic (exact) mass is 411 g/mol. The number of nitrogens with zero attached hydrogens (tertiary/aromatic N) is 1. The number of hydrogen-bond acceptors (Lipinski definition) is 4. The largest absolute Gasteiger partial charge is 0.373 e. The van der Waals surface area contributed by atoms with E-state index in [4.69, 9.17) is 19.5 Å². The summed E-state index contributed by atoms with van der Waals surface area (Å²) in [5.41, 5.74) is 3.38. The van der Waals surface area contributed by atoms with Crippen molar-refractivity contribution in [2.75, 3.05) is 6.61 Å². The molecule has 2 atom stereocenters. The zero-order valence-corrected chi connectivity index (χ0v) is 19.2. The fraction of sp³-hybridized carbons (Fsp3) is 0.577. The number of allylic oxidation sites excluding steroid dienone is 3. The topological polar surface area (TPSA) is 51.5 Å². The molecule has 1 aromatic carbocycles. The van der Waals surface area contributed by atoms with Crippen LogP contribution >= 0.6 is 0 Å². The molecule has 0 radical (unpaired) electrons. The Morgan fingerprint density at radius 2 is 1.80 bits per heavy atom. The maximum atomic E-state index is 9.15. The Morgan fingerprint density at radius 1 is 1.10 bits per heavy atom. The Labute approximate surface area is 182 Å². The van der Waals surface area contributed by atoms with Crippen LogP contribution in [0.25, 0.3) is 0 Å². The van der Waals surface area contributed by atoms with Gasteiger partial charge in [0.1, 0.15) is 5.60 Å². The Bertz CT molecular complexity index is 760. The van der Waals surface area contributed by atoms with E-state index in [2.05, 4.69) is 44.2 Å². The molecule has 0 unspecified atom stereocenters. The maximum absolute atomic E-state index is 9.15. The summed E-state index contributed by atoms with van der Waals surface area (Å²) < 4.78 is 17.8. The van der Waals surface area contributed by atoms with Gasteiger partial charge in [-0.2, -0.15) is 5.26 Å². The minimum absolute atomic E-state index is 0.0566. The van der Waals surface area contributed by atoms with Gasteiger partial charge in [-0.25, -0.2) is 0 Å². The summed E-state index contributed by atoms with van der Waals surface area (Å²) >= 11 is 0. The Hall–Kier alpha value is -1.93. The summed E-state index contributed by atoms with van der Waals surface area (Å²) in [7, 11) is 0. The maximum Gasteiger partial charge on any atom is 0.164 e. The molecule has 0 bridgehead atoms. The first-order valence-corrected chi connectivity index (χ1v) is 10.9. The fourth-order valence-corrected chi connectivity index (χ4v) is 3.85. The highest BCUT2D eigenvalue weighted by molar-refractivity contribution is 5.13. The van der Waals surface area contributed by atoms with E-state index in [1.807, 2.05) is 39.0 Å². The molecule has 0 spiro atoms. The predicted molar refractivity (Wildman–Crippen MR) is 121 cm³/mol. The van der Waals surface area contributed by atoms with Gasteiger partial charge in [-0.15, -0.1) is 0 Å². The molecule has 4 heteroatoms. The highest BCUT2D eigenvalue weighted by Gasteiger charge is 2.49.